The molecular weight excluding hydrogens is 331 g/mol. The fraction of sp³-hybridized carbons (Fsp3) is 0.462. The van der Waals surface area contributed by atoms with Crippen molar-refractivity contribution in [3.8, 4) is 0 Å². The zero-order chi connectivity index (χ0) is 15.4. The molecule has 2 heterocycles. The summed E-state index contributed by atoms with van der Waals surface area (Å²) in [6, 6.07) is 1.83. The second kappa shape index (κ2) is 7.33. The lowest BCUT2D eigenvalue weighted by atomic mass is 10.2. The first-order chi connectivity index (χ1) is 10.0. The molecule has 8 heteroatoms. The average Bonchev–Trinajstić information content (AvgIpc) is 2.85. The maximum Gasteiger partial charge on any atom is 0.230 e. The lowest BCUT2D eigenvalue weighted by molar-refractivity contribution is -0.119. The molecule has 0 saturated heterocycles. The van der Waals surface area contributed by atoms with Gasteiger partial charge in [0.25, 0.3) is 0 Å². The summed E-state index contributed by atoms with van der Waals surface area (Å²) in [5.74, 6) is 0.264. The second-order valence-electron chi connectivity index (χ2n) is 4.55. The Labute approximate surface area is 137 Å². The van der Waals surface area contributed by atoms with Crippen molar-refractivity contribution in [1.29, 1.82) is 0 Å². The van der Waals surface area contributed by atoms with E-state index in [-0.39, 0.29) is 17.7 Å². The van der Waals surface area contributed by atoms with Crippen LogP contribution in [0.5, 0.6) is 0 Å². The number of carbonyl (C=O) groups excluding carboxylic acids is 1. The van der Waals surface area contributed by atoms with E-state index in [9.17, 15) is 4.79 Å². The summed E-state index contributed by atoms with van der Waals surface area (Å²) in [5.41, 5.74) is 0.531. The summed E-state index contributed by atoms with van der Waals surface area (Å²) in [6.45, 7) is 4.11. The van der Waals surface area contributed by atoms with Crippen LogP contribution in [0.2, 0.25) is 10.0 Å². The van der Waals surface area contributed by atoms with Crippen LogP contribution in [0.4, 0.5) is 0 Å². The van der Waals surface area contributed by atoms with Gasteiger partial charge >= 0.3 is 0 Å². The fourth-order valence-corrected chi connectivity index (χ4v) is 3.12. The predicted octanol–water partition coefficient (Wildman–Crippen LogP) is 3.43. The Morgan fingerprint density at radius 2 is 2.10 bits per heavy atom. The Kier molecular flexibility index (Phi) is 5.72. The minimum Gasteiger partial charge on any atom is -0.353 e. The van der Waals surface area contributed by atoms with Gasteiger partial charge in [-0.15, -0.1) is 10.2 Å². The van der Waals surface area contributed by atoms with Crippen LogP contribution in [0.3, 0.4) is 0 Å². The molecule has 0 aliphatic heterocycles. The van der Waals surface area contributed by atoms with E-state index in [1.54, 1.807) is 16.7 Å². The number of hydrogen-bond acceptors (Lipinski definition) is 4. The van der Waals surface area contributed by atoms with Gasteiger partial charge in [-0.1, -0.05) is 48.8 Å². The number of nitrogens with zero attached hydrogens (tertiary/aromatic N) is 3. The van der Waals surface area contributed by atoms with Gasteiger partial charge < -0.3 is 5.32 Å². The van der Waals surface area contributed by atoms with E-state index in [1.807, 2.05) is 0 Å². The first kappa shape index (κ1) is 16.4. The van der Waals surface area contributed by atoms with E-state index >= 15 is 0 Å². The van der Waals surface area contributed by atoms with Crippen molar-refractivity contribution in [2.24, 2.45) is 0 Å². The molecule has 0 aliphatic rings. The van der Waals surface area contributed by atoms with Gasteiger partial charge in [-0.05, 0) is 18.9 Å². The summed E-state index contributed by atoms with van der Waals surface area (Å²) in [7, 11) is 0. The fourth-order valence-electron chi connectivity index (χ4n) is 1.89. The topological polar surface area (TPSA) is 59.3 Å². The van der Waals surface area contributed by atoms with E-state index < -0.39 is 0 Å². The average molecular weight is 347 g/mol. The first-order valence-corrected chi connectivity index (χ1v) is 8.41. The molecule has 0 atom stereocenters. The third kappa shape index (κ3) is 4.02. The number of thioether (sulfide) groups is 1. The molecule has 2 aromatic rings. The molecule has 5 nitrogen and oxygen atoms in total. The van der Waals surface area contributed by atoms with Gasteiger partial charge in [-0.2, -0.15) is 0 Å². The summed E-state index contributed by atoms with van der Waals surface area (Å²) in [4.78, 5) is 11.9. The van der Waals surface area contributed by atoms with Gasteiger partial charge in [0.15, 0.2) is 10.8 Å². The number of fused-ring (bicyclic) bond motifs is 1. The van der Waals surface area contributed by atoms with Crippen LogP contribution in [-0.2, 0) is 4.79 Å². The molecule has 1 N–H and O–H groups in total. The molecule has 0 unspecified atom stereocenters. The Morgan fingerprint density at radius 3 is 2.76 bits per heavy atom. The Bertz CT molecular complexity index is 642. The number of pyridine rings is 1. The van der Waals surface area contributed by atoms with Crippen LogP contribution >= 0.6 is 35.0 Å². The van der Waals surface area contributed by atoms with Crippen molar-refractivity contribution in [1.82, 2.24) is 19.9 Å². The molecule has 0 radical (unpaired) electrons. The molecule has 0 aromatic carbocycles. The monoisotopic (exact) mass is 346 g/mol. The third-order valence-corrected chi connectivity index (χ3v) is 4.51. The molecular formula is C13H16Cl2N4OS. The number of nitrogens with one attached hydrogen (secondary N) is 1. The SMILES string of the molecule is CCC(CC)NC(=O)CSc1nnc2c(Cl)cc(Cl)cn12. The second-order valence-corrected chi connectivity index (χ2v) is 6.34. The molecule has 21 heavy (non-hydrogen) atoms. The Morgan fingerprint density at radius 1 is 1.38 bits per heavy atom. The number of aromatic nitrogens is 3. The standard InChI is InChI=1S/C13H16Cl2N4OS/c1-3-9(4-2)16-11(20)7-21-13-18-17-12-10(15)5-8(14)6-19(12)13/h5-6,9H,3-4,7H2,1-2H3,(H,16,20). The maximum atomic E-state index is 11.9. The summed E-state index contributed by atoms with van der Waals surface area (Å²) >= 11 is 13.3. The zero-order valence-electron chi connectivity index (χ0n) is 11.8. The molecule has 114 valence electrons. The van der Waals surface area contributed by atoms with Crippen LogP contribution in [0.25, 0.3) is 5.65 Å². The molecule has 0 bridgehead atoms. The number of carbonyl (C=O) groups is 1. The molecule has 0 saturated carbocycles. The molecule has 0 spiro atoms. The zero-order valence-corrected chi connectivity index (χ0v) is 14.1. The number of halogens is 2. The van der Waals surface area contributed by atoms with Crippen molar-refractivity contribution >= 4 is 46.5 Å². The molecule has 0 fully saturated rings. The highest BCUT2D eigenvalue weighted by atomic mass is 35.5. The van der Waals surface area contributed by atoms with Crippen molar-refractivity contribution in [3.05, 3.63) is 22.3 Å². The summed E-state index contributed by atoms with van der Waals surface area (Å²) in [5, 5.41) is 12.5. The van der Waals surface area contributed by atoms with Crippen LogP contribution in [0.15, 0.2) is 17.4 Å². The van der Waals surface area contributed by atoms with E-state index in [0.717, 1.165) is 12.8 Å². The van der Waals surface area contributed by atoms with E-state index in [4.69, 9.17) is 23.2 Å². The molecule has 0 aliphatic carbocycles. The molecule has 1 amide bonds. The van der Waals surface area contributed by atoms with Crippen molar-refractivity contribution in [2.75, 3.05) is 5.75 Å². The lowest BCUT2D eigenvalue weighted by Gasteiger charge is -2.14. The summed E-state index contributed by atoms with van der Waals surface area (Å²) in [6.07, 6.45) is 3.53. The van der Waals surface area contributed by atoms with Crippen molar-refractivity contribution < 1.29 is 4.79 Å². The number of rotatable bonds is 6. The predicted molar refractivity (Wildman–Crippen MR) is 86.2 cm³/mol. The van der Waals surface area contributed by atoms with Gasteiger partial charge in [0.2, 0.25) is 5.91 Å². The normalized spacial score (nSPS) is 11.3. The molecule has 2 rings (SSSR count). The lowest BCUT2D eigenvalue weighted by Crippen LogP contribution is -2.35. The van der Waals surface area contributed by atoms with Gasteiger partial charge in [0.1, 0.15) is 0 Å². The Hall–Kier alpha value is -0.980. The largest absolute Gasteiger partial charge is 0.353 e. The van der Waals surface area contributed by atoms with Crippen LogP contribution in [-0.4, -0.2) is 32.3 Å². The van der Waals surface area contributed by atoms with Gasteiger partial charge in [-0.25, -0.2) is 0 Å². The maximum absolute atomic E-state index is 11.9. The first-order valence-electron chi connectivity index (χ1n) is 6.67. The minimum absolute atomic E-state index is 0.0152. The van der Waals surface area contributed by atoms with E-state index in [2.05, 4.69) is 29.4 Å². The van der Waals surface area contributed by atoms with Gasteiger partial charge in [0, 0.05) is 12.2 Å². The minimum atomic E-state index is -0.0152. The van der Waals surface area contributed by atoms with Crippen molar-refractivity contribution in [3.63, 3.8) is 0 Å². The third-order valence-electron chi connectivity index (χ3n) is 3.08. The highest BCUT2D eigenvalue weighted by Gasteiger charge is 2.13. The molecule has 2 aromatic heterocycles. The quantitative estimate of drug-likeness (QED) is 0.814. The van der Waals surface area contributed by atoms with E-state index in [0.29, 0.717) is 20.8 Å². The van der Waals surface area contributed by atoms with Crippen LogP contribution in [0.1, 0.15) is 26.7 Å². The number of hydrogen-bond donors (Lipinski definition) is 1. The van der Waals surface area contributed by atoms with Crippen LogP contribution < -0.4 is 5.32 Å². The number of amides is 1. The Balaban J connectivity index is 2.05. The smallest absolute Gasteiger partial charge is 0.230 e. The van der Waals surface area contributed by atoms with Crippen LogP contribution in [0, 0.1) is 0 Å². The van der Waals surface area contributed by atoms with Gasteiger partial charge in [0.05, 0.1) is 15.8 Å². The van der Waals surface area contributed by atoms with Crippen molar-refractivity contribution in [2.45, 2.75) is 37.9 Å². The summed E-state index contributed by atoms with van der Waals surface area (Å²) < 4.78 is 1.69. The highest BCUT2D eigenvalue weighted by molar-refractivity contribution is 7.99. The van der Waals surface area contributed by atoms with Gasteiger partial charge in [-0.3, -0.25) is 9.20 Å². The van der Waals surface area contributed by atoms with E-state index in [1.165, 1.54) is 11.8 Å². The highest BCUT2D eigenvalue weighted by Crippen LogP contribution is 2.25.